The molecule has 0 atom stereocenters. The maximum atomic E-state index is 12.8. The van der Waals surface area contributed by atoms with Crippen molar-refractivity contribution in [1.82, 2.24) is 19.4 Å². The quantitative estimate of drug-likeness (QED) is 0.831. The summed E-state index contributed by atoms with van der Waals surface area (Å²) in [5, 5.41) is 4.52. The summed E-state index contributed by atoms with van der Waals surface area (Å²) < 4.78 is 35.3. The minimum atomic E-state index is -3.58. The Morgan fingerprint density at radius 2 is 1.92 bits per heavy atom. The van der Waals surface area contributed by atoms with Crippen molar-refractivity contribution in [3.63, 3.8) is 0 Å². The molecule has 2 rings (SSSR count). The van der Waals surface area contributed by atoms with E-state index in [2.05, 4.69) is 14.7 Å². The molecule has 1 aromatic rings. The number of nitrogens with one attached hydrogen (secondary N) is 1. The Labute approximate surface area is 145 Å². The third-order valence-electron chi connectivity index (χ3n) is 4.05. The molecule has 1 aliphatic rings. The van der Waals surface area contributed by atoms with Crippen LogP contribution in [0, 0.1) is 0 Å². The van der Waals surface area contributed by atoms with Gasteiger partial charge in [-0.1, -0.05) is 20.8 Å². The Hall–Kier alpha value is -0.960. The van der Waals surface area contributed by atoms with E-state index in [0.29, 0.717) is 32.0 Å². The van der Waals surface area contributed by atoms with Gasteiger partial charge in [-0.05, 0) is 13.8 Å². The van der Waals surface area contributed by atoms with Gasteiger partial charge in [-0.25, -0.2) is 13.1 Å². The van der Waals surface area contributed by atoms with Crippen molar-refractivity contribution >= 4 is 10.0 Å². The lowest BCUT2D eigenvalue weighted by molar-refractivity contribution is 0.0390. The van der Waals surface area contributed by atoms with E-state index in [4.69, 9.17) is 4.74 Å². The van der Waals surface area contributed by atoms with Crippen LogP contribution in [0.1, 0.15) is 46.4 Å². The van der Waals surface area contributed by atoms with Crippen molar-refractivity contribution in [2.24, 2.45) is 0 Å². The maximum absolute atomic E-state index is 12.8. The molecular formula is C16H30N4O3S. The SMILES string of the molecule is CC(C)n1cc(S(=O)(=O)NCCN2CCOCC2)c(C(C)(C)C)n1. The molecule has 1 N–H and O–H groups in total. The molecule has 1 aromatic heterocycles. The van der Waals surface area contributed by atoms with Crippen molar-refractivity contribution in [1.29, 1.82) is 0 Å². The number of aromatic nitrogens is 2. The topological polar surface area (TPSA) is 76.5 Å². The molecule has 0 aromatic carbocycles. The molecule has 2 heterocycles. The van der Waals surface area contributed by atoms with E-state index in [9.17, 15) is 8.42 Å². The molecule has 1 saturated heterocycles. The van der Waals surface area contributed by atoms with Gasteiger partial charge < -0.3 is 4.74 Å². The minimum Gasteiger partial charge on any atom is -0.379 e. The van der Waals surface area contributed by atoms with Crippen molar-refractivity contribution < 1.29 is 13.2 Å². The minimum absolute atomic E-state index is 0.114. The third kappa shape index (κ3) is 4.78. The molecule has 0 spiro atoms. The molecule has 0 radical (unpaired) electrons. The Balaban J connectivity index is 2.12. The second-order valence-corrected chi connectivity index (χ2v) is 9.25. The smallest absolute Gasteiger partial charge is 0.244 e. The third-order valence-corrected chi connectivity index (χ3v) is 5.51. The van der Waals surface area contributed by atoms with Crippen LogP contribution in [-0.4, -0.2) is 62.5 Å². The molecule has 0 bridgehead atoms. The first-order chi connectivity index (χ1) is 11.1. The summed E-state index contributed by atoms with van der Waals surface area (Å²) in [6.45, 7) is 14.1. The highest BCUT2D eigenvalue weighted by molar-refractivity contribution is 7.89. The lowest BCUT2D eigenvalue weighted by Crippen LogP contribution is -2.41. The molecule has 1 aliphatic heterocycles. The monoisotopic (exact) mass is 358 g/mol. The average molecular weight is 359 g/mol. The van der Waals surface area contributed by atoms with Gasteiger partial charge in [0.25, 0.3) is 0 Å². The van der Waals surface area contributed by atoms with Crippen LogP contribution in [0.5, 0.6) is 0 Å². The van der Waals surface area contributed by atoms with E-state index in [1.807, 2.05) is 34.6 Å². The predicted octanol–water partition coefficient (Wildman–Crippen LogP) is 1.37. The summed E-state index contributed by atoms with van der Waals surface area (Å²) >= 11 is 0. The Bertz CT molecular complexity index is 641. The van der Waals surface area contributed by atoms with Crippen LogP contribution >= 0.6 is 0 Å². The van der Waals surface area contributed by atoms with Crippen LogP contribution in [0.25, 0.3) is 0 Å². The average Bonchev–Trinajstić information content (AvgIpc) is 2.94. The van der Waals surface area contributed by atoms with Crippen molar-refractivity contribution in [2.45, 2.75) is 51.0 Å². The largest absolute Gasteiger partial charge is 0.379 e. The highest BCUT2D eigenvalue weighted by Gasteiger charge is 2.30. The first-order valence-electron chi connectivity index (χ1n) is 8.50. The van der Waals surface area contributed by atoms with Crippen molar-refractivity contribution in [3.8, 4) is 0 Å². The summed E-state index contributed by atoms with van der Waals surface area (Å²) in [5.74, 6) is 0. The number of hydrogen-bond donors (Lipinski definition) is 1. The summed E-state index contributed by atoms with van der Waals surface area (Å²) in [7, 11) is -3.58. The molecule has 0 saturated carbocycles. The van der Waals surface area contributed by atoms with Crippen LogP contribution in [0.4, 0.5) is 0 Å². The number of sulfonamides is 1. The molecule has 1 fully saturated rings. The van der Waals surface area contributed by atoms with Crippen LogP contribution in [0.2, 0.25) is 0 Å². The highest BCUT2D eigenvalue weighted by Crippen LogP contribution is 2.28. The summed E-state index contributed by atoms with van der Waals surface area (Å²) in [5.41, 5.74) is 0.268. The molecular weight excluding hydrogens is 328 g/mol. The zero-order valence-corrected chi connectivity index (χ0v) is 16.2. The molecule has 0 amide bonds. The summed E-state index contributed by atoms with van der Waals surface area (Å²) in [4.78, 5) is 2.49. The van der Waals surface area contributed by atoms with Crippen LogP contribution in [-0.2, 0) is 20.2 Å². The normalized spacial score (nSPS) is 17.6. The van der Waals surface area contributed by atoms with E-state index in [0.717, 1.165) is 13.1 Å². The van der Waals surface area contributed by atoms with Gasteiger partial charge in [0.05, 0.1) is 18.9 Å². The standard InChI is InChI=1S/C16H30N4O3S/c1-13(2)20-12-14(15(18-20)16(3,4)5)24(21,22)17-6-7-19-8-10-23-11-9-19/h12-13,17H,6-11H2,1-5H3. The number of rotatable bonds is 6. The molecule has 8 heteroatoms. The van der Waals surface area contributed by atoms with Crippen LogP contribution in [0.3, 0.4) is 0 Å². The summed E-state index contributed by atoms with van der Waals surface area (Å²) in [6.07, 6.45) is 1.64. The van der Waals surface area contributed by atoms with E-state index in [1.54, 1.807) is 10.9 Å². The van der Waals surface area contributed by atoms with Gasteiger partial charge in [0.15, 0.2) is 0 Å². The van der Waals surface area contributed by atoms with Gasteiger partial charge in [0.1, 0.15) is 4.90 Å². The van der Waals surface area contributed by atoms with Crippen LogP contribution in [0.15, 0.2) is 11.1 Å². The first kappa shape index (κ1) is 19.4. The van der Waals surface area contributed by atoms with Gasteiger partial charge in [-0.2, -0.15) is 5.10 Å². The van der Waals surface area contributed by atoms with Gasteiger partial charge in [-0.3, -0.25) is 9.58 Å². The van der Waals surface area contributed by atoms with Crippen LogP contribution < -0.4 is 4.72 Å². The number of nitrogens with zero attached hydrogens (tertiary/aromatic N) is 3. The molecule has 0 unspecified atom stereocenters. The lowest BCUT2D eigenvalue weighted by atomic mass is 9.92. The first-order valence-corrected chi connectivity index (χ1v) is 9.99. The second-order valence-electron chi connectivity index (χ2n) is 7.52. The van der Waals surface area contributed by atoms with E-state index in [-0.39, 0.29) is 16.4 Å². The molecule has 138 valence electrons. The second kappa shape index (κ2) is 7.51. The van der Waals surface area contributed by atoms with Gasteiger partial charge >= 0.3 is 0 Å². The summed E-state index contributed by atoms with van der Waals surface area (Å²) in [6, 6.07) is 0.114. The molecule has 0 aliphatic carbocycles. The van der Waals surface area contributed by atoms with E-state index < -0.39 is 10.0 Å². The number of morpholine rings is 1. The van der Waals surface area contributed by atoms with Gasteiger partial charge in [-0.15, -0.1) is 0 Å². The lowest BCUT2D eigenvalue weighted by Gasteiger charge is -2.26. The number of hydrogen-bond acceptors (Lipinski definition) is 5. The van der Waals surface area contributed by atoms with Gasteiger partial charge in [0, 0.05) is 43.8 Å². The fraction of sp³-hybridized carbons (Fsp3) is 0.812. The fourth-order valence-corrected chi connectivity index (χ4v) is 3.96. The maximum Gasteiger partial charge on any atom is 0.244 e. The zero-order valence-electron chi connectivity index (χ0n) is 15.4. The molecule has 24 heavy (non-hydrogen) atoms. The fourth-order valence-electron chi connectivity index (χ4n) is 2.60. The number of ether oxygens (including phenoxy) is 1. The van der Waals surface area contributed by atoms with E-state index in [1.165, 1.54) is 0 Å². The van der Waals surface area contributed by atoms with Crippen molar-refractivity contribution in [2.75, 3.05) is 39.4 Å². The Kier molecular flexibility index (Phi) is 6.06. The molecule has 7 nitrogen and oxygen atoms in total. The van der Waals surface area contributed by atoms with E-state index >= 15 is 0 Å². The van der Waals surface area contributed by atoms with Gasteiger partial charge in [0.2, 0.25) is 10.0 Å². The predicted molar refractivity (Wildman–Crippen MR) is 93.8 cm³/mol. The zero-order chi connectivity index (χ0) is 18.0. The Morgan fingerprint density at radius 1 is 1.29 bits per heavy atom. The van der Waals surface area contributed by atoms with Crippen molar-refractivity contribution in [3.05, 3.63) is 11.9 Å². The Morgan fingerprint density at radius 3 is 2.46 bits per heavy atom. The highest BCUT2D eigenvalue weighted by atomic mass is 32.2.